The first-order chi connectivity index (χ1) is 8.94. The van der Waals surface area contributed by atoms with Gasteiger partial charge < -0.3 is 0 Å². The molecule has 19 heavy (non-hydrogen) atoms. The van der Waals surface area contributed by atoms with Gasteiger partial charge >= 0.3 is 0 Å². The van der Waals surface area contributed by atoms with Crippen molar-refractivity contribution in [2.45, 2.75) is 44.0 Å². The number of hydrogen-bond acceptors (Lipinski definition) is 3. The molecule has 1 saturated carbocycles. The first-order valence-electron chi connectivity index (χ1n) is 6.58. The quantitative estimate of drug-likeness (QED) is 0.870. The number of hydrogen-bond donors (Lipinski definition) is 1. The van der Waals surface area contributed by atoms with Crippen LogP contribution in [0.2, 0.25) is 5.15 Å². The van der Waals surface area contributed by atoms with Crippen LogP contribution in [0.1, 0.15) is 33.1 Å². The highest BCUT2D eigenvalue weighted by atomic mass is 35.5. The van der Waals surface area contributed by atoms with Crippen molar-refractivity contribution in [1.82, 2.24) is 9.71 Å². The first-order valence-corrected chi connectivity index (χ1v) is 8.44. The lowest BCUT2D eigenvalue weighted by Gasteiger charge is -2.20. The van der Waals surface area contributed by atoms with Crippen LogP contribution in [0, 0.1) is 11.8 Å². The summed E-state index contributed by atoms with van der Waals surface area (Å²) in [5.74, 6) is 0.982. The van der Waals surface area contributed by atoms with E-state index in [0.29, 0.717) is 17.0 Å². The molecule has 3 unspecified atom stereocenters. The van der Waals surface area contributed by atoms with E-state index in [4.69, 9.17) is 11.6 Å². The molecular formula is C13H19ClN2O2S. The molecule has 0 bridgehead atoms. The number of nitrogens with one attached hydrogen (secondary N) is 1. The van der Waals surface area contributed by atoms with E-state index < -0.39 is 10.0 Å². The Morgan fingerprint density at radius 1 is 1.42 bits per heavy atom. The maximum atomic E-state index is 12.2. The molecule has 3 atom stereocenters. The van der Waals surface area contributed by atoms with E-state index in [0.717, 1.165) is 19.3 Å². The van der Waals surface area contributed by atoms with E-state index in [-0.39, 0.29) is 10.9 Å². The third-order valence-electron chi connectivity index (χ3n) is 4.07. The van der Waals surface area contributed by atoms with Gasteiger partial charge in [0.2, 0.25) is 10.0 Å². The predicted octanol–water partition coefficient (Wildman–Crippen LogP) is 2.84. The maximum absolute atomic E-state index is 12.2. The number of halogens is 1. The fourth-order valence-corrected chi connectivity index (χ4v) is 4.20. The van der Waals surface area contributed by atoms with Crippen molar-refractivity contribution in [3.63, 3.8) is 0 Å². The predicted molar refractivity (Wildman–Crippen MR) is 75.5 cm³/mol. The molecule has 1 aliphatic carbocycles. The van der Waals surface area contributed by atoms with E-state index in [1.54, 1.807) is 0 Å². The molecule has 0 spiro atoms. The van der Waals surface area contributed by atoms with Gasteiger partial charge in [-0.15, -0.1) is 0 Å². The minimum absolute atomic E-state index is 0.0191. The third-order valence-corrected chi connectivity index (χ3v) is 5.77. The lowest BCUT2D eigenvalue weighted by atomic mass is 9.94. The van der Waals surface area contributed by atoms with Gasteiger partial charge in [0.05, 0.1) is 0 Å². The van der Waals surface area contributed by atoms with Crippen LogP contribution in [0.4, 0.5) is 0 Å². The van der Waals surface area contributed by atoms with Crippen molar-refractivity contribution in [3.05, 3.63) is 23.5 Å². The topological polar surface area (TPSA) is 59.1 Å². The minimum atomic E-state index is -3.50. The van der Waals surface area contributed by atoms with Crippen LogP contribution in [0.15, 0.2) is 23.2 Å². The standard InChI is InChI=1S/C13H19ClN2O2S/c1-3-10-4-6-12(9(10)2)16-19(17,18)11-5-7-13(14)15-8-11/h5,7-10,12,16H,3-4,6H2,1-2H3. The number of aromatic nitrogens is 1. The highest BCUT2D eigenvalue weighted by molar-refractivity contribution is 7.89. The molecule has 2 rings (SSSR count). The SMILES string of the molecule is CCC1CCC(NS(=O)(=O)c2ccc(Cl)nc2)C1C. The Hall–Kier alpha value is -0.650. The highest BCUT2D eigenvalue weighted by Crippen LogP contribution is 2.34. The van der Waals surface area contributed by atoms with Crippen molar-refractivity contribution in [2.75, 3.05) is 0 Å². The highest BCUT2D eigenvalue weighted by Gasteiger charge is 2.34. The summed E-state index contributed by atoms with van der Waals surface area (Å²) in [7, 11) is -3.50. The lowest BCUT2D eigenvalue weighted by Crippen LogP contribution is -2.37. The van der Waals surface area contributed by atoms with Crippen LogP contribution < -0.4 is 4.72 Å². The number of nitrogens with zero attached hydrogens (tertiary/aromatic N) is 1. The zero-order chi connectivity index (χ0) is 14.0. The second kappa shape index (κ2) is 5.77. The summed E-state index contributed by atoms with van der Waals surface area (Å²) >= 11 is 5.67. The van der Waals surface area contributed by atoms with Crippen LogP contribution in [0.3, 0.4) is 0 Å². The van der Waals surface area contributed by atoms with Gasteiger partial charge in [-0.1, -0.05) is 31.9 Å². The Labute approximate surface area is 119 Å². The van der Waals surface area contributed by atoms with Gasteiger partial charge in [0.1, 0.15) is 10.0 Å². The van der Waals surface area contributed by atoms with E-state index in [1.807, 2.05) is 0 Å². The fraction of sp³-hybridized carbons (Fsp3) is 0.615. The molecule has 1 fully saturated rings. The van der Waals surface area contributed by atoms with Gasteiger partial charge in [0.15, 0.2) is 0 Å². The molecule has 1 aromatic heterocycles. The summed E-state index contributed by atoms with van der Waals surface area (Å²) in [5.41, 5.74) is 0. The lowest BCUT2D eigenvalue weighted by molar-refractivity contribution is 0.368. The molecule has 1 aliphatic rings. The van der Waals surface area contributed by atoms with E-state index in [2.05, 4.69) is 23.6 Å². The third kappa shape index (κ3) is 3.27. The Kier molecular flexibility index (Phi) is 4.48. The van der Waals surface area contributed by atoms with Crippen LogP contribution in [-0.4, -0.2) is 19.4 Å². The molecule has 1 N–H and O–H groups in total. The van der Waals surface area contributed by atoms with E-state index >= 15 is 0 Å². The molecule has 0 radical (unpaired) electrons. The van der Waals surface area contributed by atoms with Crippen molar-refractivity contribution < 1.29 is 8.42 Å². The second-order valence-corrected chi connectivity index (χ2v) is 7.25. The second-order valence-electron chi connectivity index (χ2n) is 5.15. The average molecular weight is 303 g/mol. The molecule has 1 aromatic rings. The molecule has 0 aromatic carbocycles. The smallest absolute Gasteiger partial charge is 0.242 e. The Morgan fingerprint density at radius 3 is 2.68 bits per heavy atom. The largest absolute Gasteiger partial charge is 0.243 e. The van der Waals surface area contributed by atoms with Crippen LogP contribution in [0.5, 0.6) is 0 Å². The molecule has 6 heteroatoms. The molecule has 106 valence electrons. The van der Waals surface area contributed by atoms with Gasteiger partial charge in [-0.05, 0) is 36.8 Å². The van der Waals surface area contributed by atoms with E-state index in [9.17, 15) is 8.42 Å². The number of rotatable bonds is 4. The van der Waals surface area contributed by atoms with Gasteiger partial charge in [-0.25, -0.2) is 18.1 Å². The van der Waals surface area contributed by atoms with Crippen LogP contribution in [-0.2, 0) is 10.0 Å². The summed E-state index contributed by atoms with van der Waals surface area (Å²) < 4.78 is 27.3. The number of pyridine rings is 1. The monoisotopic (exact) mass is 302 g/mol. The fourth-order valence-electron chi connectivity index (χ4n) is 2.78. The summed E-state index contributed by atoms with van der Waals surface area (Å²) in [4.78, 5) is 3.99. The maximum Gasteiger partial charge on any atom is 0.242 e. The van der Waals surface area contributed by atoms with Crippen molar-refractivity contribution >= 4 is 21.6 Å². The molecule has 0 amide bonds. The summed E-state index contributed by atoms with van der Waals surface area (Å²) in [6.45, 7) is 4.27. The average Bonchev–Trinajstić information content (AvgIpc) is 2.70. The van der Waals surface area contributed by atoms with Gasteiger partial charge in [0.25, 0.3) is 0 Å². The van der Waals surface area contributed by atoms with Crippen LogP contribution in [0.25, 0.3) is 0 Å². The Bertz CT molecular complexity index is 530. The van der Waals surface area contributed by atoms with Crippen molar-refractivity contribution in [3.8, 4) is 0 Å². The van der Waals surface area contributed by atoms with Gasteiger partial charge in [0, 0.05) is 12.2 Å². The van der Waals surface area contributed by atoms with Crippen molar-refractivity contribution in [1.29, 1.82) is 0 Å². The summed E-state index contributed by atoms with van der Waals surface area (Å²) in [5, 5.41) is 0.291. The van der Waals surface area contributed by atoms with E-state index in [1.165, 1.54) is 18.3 Å². The molecule has 1 heterocycles. The Morgan fingerprint density at radius 2 is 2.16 bits per heavy atom. The van der Waals surface area contributed by atoms with Gasteiger partial charge in [-0.2, -0.15) is 0 Å². The van der Waals surface area contributed by atoms with Gasteiger partial charge in [-0.3, -0.25) is 0 Å². The molecule has 0 saturated heterocycles. The summed E-state index contributed by atoms with van der Waals surface area (Å²) in [6.07, 6.45) is 4.38. The molecule has 4 nitrogen and oxygen atoms in total. The van der Waals surface area contributed by atoms with Crippen LogP contribution >= 0.6 is 11.6 Å². The Balaban J connectivity index is 2.12. The number of sulfonamides is 1. The minimum Gasteiger partial charge on any atom is -0.243 e. The van der Waals surface area contributed by atoms with Crippen molar-refractivity contribution in [2.24, 2.45) is 11.8 Å². The molecule has 0 aliphatic heterocycles. The summed E-state index contributed by atoms with van der Waals surface area (Å²) in [6, 6.07) is 2.99. The zero-order valence-electron chi connectivity index (χ0n) is 11.1. The normalized spacial score (nSPS) is 27.6. The molecular weight excluding hydrogens is 284 g/mol. The first kappa shape index (κ1) is 14.8. The zero-order valence-corrected chi connectivity index (χ0v) is 12.7.